The number of carbonyl (C=O) groups is 1. The van der Waals surface area contributed by atoms with Gasteiger partial charge in [-0.2, -0.15) is 0 Å². The molecule has 1 aliphatic carbocycles. The Bertz CT molecular complexity index is 826. The van der Waals surface area contributed by atoms with Crippen LogP contribution in [-0.4, -0.2) is 21.7 Å². The Hall–Kier alpha value is -1.89. The van der Waals surface area contributed by atoms with Crippen LogP contribution in [0.1, 0.15) is 30.1 Å². The normalized spacial score (nSPS) is 14.6. The quantitative estimate of drug-likeness (QED) is 0.799. The van der Waals surface area contributed by atoms with Crippen molar-refractivity contribution in [2.24, 2.45) is 13.0 Å². The van der Waals surface area contributed by atoms with Gasteiger partial charge in [-0.05, 0) is 25.7 Å². The molecule has 6 nitrogen and oxygen atoms in total. The molecule has 0 spiro atoms. The van der Waals surface area contributed by atoms with Gasteiger partial charge in [0, 0.05) is 19.0 Å². The fourth-order valence-electron chi connectivity index (χ4n) is 2.35. The highest BCUT2D eigenvalue weighted by atomic mass is 32.1. The molecule has 1 saturated carbocycles. The molecule has 0 radical (unpaired) electrons. The highest BCUT2D eigenvalue weighted by Crippen LogP contribution is 2.32. The maximum Gasteiger partial charge on any atom is 0.339 e. The van der Waals surface area contributed by atoms with Gasteiger partial charge in [-0.15, -0.1) is 11.3 Å². The zero-order chi connectivity index (χ0) is 15.1. The smallest absolute Gasteiger partial charge is 0.339 e. The van der Waals surface area contributed by atoms with Crippen molar-refractivity contribution in [1.29, 1.82) is 0 Å². The van der Waals surface area contributed by atoms with Crippen molar-refractivity contribution in [1.82, 2.24) is 9.13 Å². The molecule has 0 N–H and O–H groups in total. The van der Waals surface area contributed by atoms with E-state index >= 15 is 0 Å². The third kappa shape index (κ3) is 2.31. The number of thiophene rings is 1. The molecule has 0 aromatic carbocycles. The molecule has 2 heterocycles. The maximum absolute atomic E-state index is 12.3. The van der Waals surface area contributed by atoms with Crippen molar-refractivity contribution < 1.29 is 9.53 Å². The summed E-state index contributed by atoms with van der Waals surface area (Å²) in [4.78, 5) is 37.2. The lowest BCUT2D eigenvalue weighted by atomic mass is 10.2. The monoisotopic (exact) mass is 308 g/mol. The molecule has 3 rings (SSSR count). The first-order valence-corrected chi connectivity index (χ1v) is 7.80. The summed E-state index contributed by atoms with van der Waals surface area (Å²) in [6, 6.07) is 0. The van der Waals surface area contributed by atoms with Gasteiger partial charge in [0.2, 0.25) is 0 Å². The Balaban J connectivity index is 2.26. The second kappa shape index (κ2) is 5.14. The standard InChI is InChI=1S/C14H16N2O4S/c1-3-20-13(18)9-7-21-12-10(9)11(17)15(2)14(19)16(12)6-8-4-5-8/h7-8H,3-6H2,1-2H3. The van der Waals surface area contributed by atoms with Gasteiger partial charge in [0.1, 0.15) is 4.83 Å². The minimum atomic E-state index is -0.516. The molecule has 0 bridgehead atoms. The summed E-state index contributed by atoms with van der Waals surface area (Å²) in [6.07, 6.45) is 2.21. The largest absolute Gasteiger partial charge is 0.462 e. The average Bonchev–Trinajstić information content (AvgIpc) is 3.17. The summed E-state index contributed by atoms with van der Waals surface area (Å²) in [5.41, 5.74) is -0.509. The predicted molar refractivity (Wildman–Crippen MR) is 80.0 cm³/mol. The Morgan fingerprint density at radius 1 is 1.43 bits per heavy atom. The highest BCUT2D eigenvalue weighted by Gasteiger charge is 2.26. The Morgan fingerprint density at radius 2 is 2.14 bits per heavy atom. The van der Waals surface area contributed by atoms with Crippen molar-refractivity contribution in [3.8, 4) is 0 Å². The van der Waals surface area contributed by atoms with Gasteiger partial charge >= 0.3 is 11.7 Å². The molecular weight excluding hydrogens is 292 g/mol. The lowest BCUT2D eigenvalue weighted by Crippen LogP contribution is -2.38. The molecule has 2 aromatic rings. The summed E-state index contributed by atoms with van der Waals surface area (Å²) < 4.78 is 7.67. The van der Waals surface area contributed by atoms with E-state index < -0.39 is 11.5 Å². The molecule has 0 atom stereocenters. The van der Waals surface area contributed by atoms with E-state index in [-0.39, 0.29) is 17.9 Å². The number of nitrogens with zero attached hydrogens (tertiary/aromatic N) is 2. The number of fused-ring (bicyclic) bond motifs is 1. The van der Waals surface area contributed by atoms with Crippen LogP contribution in [0.5, 0.6) is 0 Å². The molecule has 0 saturated heterocycles. The highest BCUT2D eigenvalue weighted by molar-refractivity contribution is 7.17. The topological polar surface area (TPSA) is 70.3 Å². The van der Waals surface area contributed by atoms with Crippen LogP contribution in [0.25, 0.3) is 10.2 Å². The molecule has 2 aromatic heterocycles. The predicted octanol–water partition coefficient (Wildman–Crippen LogP) is 1.35. The number of aromatic nitrogens is 2. The number of rotatable bonds is 4. The second-order valence-electron chi connectivity index (χ2n) is 5.25. The van der Waals surface area contributed by atoms with E-state index in [0.717, 1.165) is 17.4 Å². The summed E-state index contributed by atoms with van der Waals surface area (Å²) in [5.74, 6) is -0.0194. The van der Waals surface area contributed by atoms with Gasteiger partial charge < -0.3 is 4.74 Å². The minimum absolute atomic E-state index is 0.248. The van der Waals surface area contributed by atoms with Crippen molar-refractivity contribution in [3.05, 3.63) is 31.8 Å². The van der Waals surface area contributed by atoms with E-state index in [4.69, 9.17) is 4.74 Å². The van der Waals surface area contributed by atoms with Crippen LogP contribution in [0.15, 0.2) is 15.0 Å². The van der Waals surface area contributed by atoms with Crippen molar-refractivity contribution >= 4 is 27.5 Å². The van der Waals surface area contributed by atoms with Crippen LogP contribution < -0.4 is 11.2 Å². The van der Waals surface area contributed by atoms with Crippen LogP contribution in [0.2, 0.25) is 0 Å². The number of carbonyl (C=O) groups excluding carboxylic acids is 1. The van der Waals surface area contributed by atoms with Gasteiger partial charge in [0.25, 0.3) is 5.56 Å². The Kier molecular flexibility index (Phi) is 3.44. The van der Waals surface area contributed by atoms with Gasteiger partial charge in [-0.25, -0.2) is 9.59 Å². The summed E-state index contributed by atoms with van der Waals surface area (Å²) in [6.45, 7) is 2.57. The Morgan fingerprint density at radius 3 is 2.76 bits per heavy atom. The summed E-state index contributed by atoms with van der Waals surface area (Å²) in [5, 5.41) is 1.90. The number of hydrogen-bond acceptors (Lipinski definition) is 5. The first-order chi connectivity index (χ1) is 10.0. The molecule has 1 fully saturated rings. The lowest BCUT2D eigenvalue weighted by Gasteiger charge is -2.09. The molecule has 0 amide bonds. The zero-order valence-corrected chi connectivity index (χ0v) is 12.7. The zero-order valence-electron chi connectivity index (χ0n) is 11.9. The van der Waals surface area contributed by atoms with E-state index in [2.05, 4.69) is 0 Å². The van der Waals surface area contributed by atoms with Crippen molar-refractivity contribution in [3.63, 3.8) is 0 Å². The van der Waals surface area contributed by atoms with Crippen LogP contribution in [0, 0.1) is 5.92 Å². The molecule has 7 heteroatoms. The first-order valence-electron chi connectivity index (χ1n) is 6.92. The Labute approximate surface area is 124 Å². The third-order valence-electron chi connectivity index (χ3n) is 3.69. The first kappa shape index (κ1) is 14.1. The van der Waals surface area contributed by atoms with Crippen molar-refractivity contribution in [2.45, 2.75) is 26.3 Å². The lowest BCUT2D eigenvalue weighted by molar-refractivity contribution is 0.0529. The summed E-state index contributed by atoms with van der Waals surface area (Å²) >= 11 is 1.25. The van der Waals surface area contributed by atoms with Crippen LogP contribution in [0.3, 0.4) is 0 Å². The van der Waals surface area contributed by atoms with Gasteiger partial charge in [0.05, 0.1) is 17.6 Å². The number of hydrogen-bond donors (Lipinski definition) is 0. The minimum Gasteiger partial charge on any atom is -0.462 e. The van der Waals surface area contributed by atoms with E-state index in [0.29, 0.717) is 22.7 Å². The number of ether oxygens (including phenoxy) is 1. The van der Waals surface area contributed by atoms with Gasteiger partial charge in [-0.1, -0.05) is 0 Å². The maximum atomic E-state index is 12.3. The molecular formula is C14H16N2O4S. The van der Waals surface area contributed by atoms with E-state index in [9.17, 15) is 14.4 Å². The number of esters is 1. The SMILES string of the molecule is CCOC(=O)c1csc2c1c(=O)n(C)c(=O)n2CC1CC1. The fraction of sp³-hybridized carbons (Fsp3) is 0.500. The van der Waals surface area contributed by atoms with Crippen LogP contribution in [-0.2, 0) is 18.3 Å². The van der Waals surface area contributed by atoms with Crippen molar-refractivity contribution in [2.75, 3.05) is 6.61 Å². The van der Waals surface area contributed by atoms with Crippen LogP contribution in [0.4, 0.5) is 0 Å². The molecule has 112 valence electrons. The average molecular weight is 308 g/mol. The van der Waals surface area contributed by atoms with E-state index in [1.807, 2.05) is 0 Å². The van der Waals surface area contributed by atoms with Crippen LogP contribution >= 0.6 is 11.3 Å². The molecule has 0 unspecified atom stereocenters. The van der Waals surface area contributed by atoms with E-state index in [1.54, 1.807) is 16.9 Å². The molecule has 0 aliphatic heterocycles. The third-order valence-corrected chi connectivity index (χ3v) is 4.69. The summed E-state index contributed by atoms with van der Waals surface area (Å²) in [7, 11) is 1.44. The van der Waals surface area contributed by atoms with E-state index in [1.165, 1.54) is 18.4 Å². The molecule has 1 aliphatic rings. The van der Waals surface area contributed by atoms with Gasteiger partial charge in [-0.3, -0.25) is 13.9 Å². The second-order valence-corrected chi connectivity index (χ2v) is 6.11. The van der Waals surface area contributed by atoms with Gasteiger partial charge in [0.15, 0.2) is 0 Å². The fourth-order valence-corrected chi connectivity index (χ4v) is 3.39. The molecule has 21 heavy (non-hydrogen) atoms.